The van der Waals surface area contributed by atoms with Gasteiger partial charge in [0, 0.05) is 11.6 Å². The van der Waals surface area contributed by atoms with Crippen LogP contribution in [0.1, 0.15) is 64.7 Å². The second kappa shape index (κ2) is 7.05. The molecule has 0 radical (unpaired) electrons. The molecule has 0 saturated heterocycles. The molecule has 0 bridgehead atoms. The minimum Gasteiger partial charge on any atom is -0.394 e. The molecule has 0 aromatic carbocycles. The van der Waals surface area contributed by atoms with Crippen molar-refractivity contribution in [3.05, 3.63) is 0 Å². The molecule has 2 aliphatic carbocycles. The van der Waals surface area contributed by atoms with Gasteiger partial charge in [-0.05, 0) is 51.1 Å². The lowest BCUT2D eigenvalue weighted by atomic mass is 9.86. The minimum absolute atomic E-state index is 0.160. The van der Waals surface area contributed by atoms with Crippen molar-refractivity contribution in [2.75, 3.05) is 19.7 Å². The van der Waals surface area contributed by atoms with Gasteiger partial charge in [-0.1, -0.05) is 32.6 Å². The van der Waals surface area contributed by atoms with Crippen molar-refractivity contribution >= 4 is 0 Å². The van der Waals surface area contributed by atoms with Crippen LogP contribution in [-0.2, 0) is 0 Å². The smallest absolute Gasteiger partial charge is 0.0613 e. The number of hydrogen-bond donors (Lipinski definition) is 2. The normalized spacial score (nSPS) is 33.2. The average molecular weight is 268 g/mol. The summed E-state index contributed by atoms with van der Waals surface area (Å²) in [6.07, 6.45) is 11.6. The zero-order chi connectivity index (χ0) is 13.7. The maximum Gasteiger partial charge on any atom is 0.0613 e. The highest BCUT2D eigenvalue weighted by Crippen LogP contribution is 2.36. The van der Waals surface area contributed by atoms with Crippen LogP contribution in [0.3, 0.4) is 0 Å². The highest BCUT2D eigenvalue weighted by molar-refractivity contribution is 4.96. The zero-order valence-electron chi connectivity index (χ0n) is 12.6. The predicted molar refractivity (Wildman–Crippen MR) is 80.1 cm³/mol. The van der Waals surface area contributed by atoms with Crippen LogP contribution in [0.5, 0.6) is 0 Å². The lowest BCUT2D eigenvalue weighted by Crippen LogP contribution is -2.48. The van der Waals surface area contributed by atoms with E-state index >= 15 is 0 Å². The summed E-state index contributed by atoms with van der Waals surface area (Å²) in [6, 6.07) is 0.807. The summed E-state index contributed by atoms with van der Waals surface area (Å²) >= 11 is 0. The van der Waals surface area contributed by atoms with Crippen molar-refractivity contribution in [3.63, 3.8) is 0 Å². The quantitative estimate of drug-likeness (QED) is 0.778. The number of nitrogens with zero attached hydrogens (tertiary/aromatic N) is 1. The maximum absolute atomic E-state index is 9.53. The molecule has 2 rings (SSSR count). The van der Waals surface area contributed by atoms with E-state index in [1.54, 1.807) is 0 Å². The van der Waals surface area contributed by atoms with Gasteiger partial charge in [-0.2, -0.15) is 0 Å². The van der Waals surface area contributed by atoms with Crippen LogP contribution in [0, 0.1) is 5.92 Å². The summed E-state index contributed by atoms with van der Waals surface area (Å²) in [7, 11) is 0. The van der Waals surface area contributed by atoms with Crippen LogP contribution < -0.4 is 5.73 Å². The molecule has 0 aromatic heterocycles. The van der Waals surface area contributed by atoms with Gasteiger partial charge in [0.05, 0.1) is 6.61 Å². The molecule has 19 heavy (non-hydrogen) atoms. The van der Waals surface area contributed by atoms with E-state index in [0.29, 0.717) is 5.92 Å². The Labute approximate surface area is 118 Å². The van der Waals surface area contributed by atoms with Gasteiger partial charge in [0.25, 0.3) is 0 Å². The predicted octanol–water partition coefficient (Wildman–Crippen LogP) is 2.52. The third-order valence-corrected chi connectivity index (χ3v) is 5.56. The molecule has 0 spiro atoms. The molecule has 2 saturated carbocycles. The Balaban J connectivity index is 1.82. The molecule has 0 aromatic rings. The second-order valence-electron chi connectivity index (χ2n) is 6.69. The fourth-order valence-electron chi connectivity index (χ4n) is 4.18. The van der Waals surface area contributed by atoms with Gasteiger partial charge in [0.1, 0.15) is 0 Å². The molecule has 2 aliphatic rings. The second-order valence-corrected chi connectivity index (χ2v) is 6.69. The van der Waals surface area contributed by atoms with Gasteiger partial charge in [-0.25, -0.2) is 0 Å². The first kappa shape index (κ1) is 15.3. The van der Waals surface area contributed by atoms with Crippen LogP contribution in [0.2, 0.25) is 0 Å². The molecule has 112 valence electrons. The first-order chi connectivity index (χ1) is 9.19. The third-order valence-electron chi connectivity index (χ3n) is 5.56. The molecule has 3 N–H and O–H groups in total. The number of aliphatic hydroxyl groups is 1. The van der Waals surface area contributed by atoms with Crippen LogP contribution in [0.4, 0.5) is 0 Å². The van der Waals surface area contributed by atoms with Crippen molar-refractivity contribution in [2.24, 2.45) is 11.7 Å². The molecule has 3 nitrogen and oxygen atoms in total. The summed E-state index contributed by atoms with van der Waals surface area (Å²) in [5.74, 6) is 0.523. The molecule has 2 unspecified atom stereocenters. The maximum atomic E-state index is 9.53. The Morgan fingerprint density at radius 1 is 1.16 bits per heavy atom. The molecule has 2 fully saturated rings. The van der Waals surface area contributed by atoms with Crippen LogP contribution in [0.25, 0.3) is 0 Å². The van der Waals surface area contributed by atoms with Gasteiger partial charge in [0.2, 0.25) is 0 Å². The fourth-order valence-corrected chi connectivity index (χ4v) is 4.18. The van der Waals surface area contributed by atoms with E-state index < -0.39 is 0 Å². The molecule has 2 atom stereocenters. The first-order valence-corrected chi connectivity index (χ1v) is 8.33. The van der Waals surface area contributed by atoms with Gasteiger partial charge < -0.3 is 15.7 Å². The SMILES string of the molecule is CCN(CCC1CCCC1(N)CO)C1CCCCC1. The van der Waals surface area contributed by atoms with E-state index in [4.69, 9.17) is 5.73 Å². The van der Waals surface area contributed by atoms with E-state index in [1.165, 1.54) is 57.9 Å². The van der Waals surface area contributed by atoms with Gasteiger partial charge in [-0.3, -0.25) is 0 Å². The summed E-state index contributed by atoms with van der Waals surface area (Å²) in [4.78, 5) is 2.66. The summed E-state index contributed by atoms with van der Waals surface area (Å²) in [6.45, 7) is 4.77. The lowest BCUT2D eigenvalue weighted by Gasteiger charge is -2.36. The topological polar surface area (TPSA) is 49.5 Å². The van der Waals surface area contributed by atoms with Gasteiger partial charge >= 0.3 is 0 Å². The summed E-state index contributed by atoms with van der Waals surface area (Å²) < 4.78 is 0. The highest BCUT2D eigenvalue weighted by Gasteiger charge is 2.38. The standard InChI is InChI=1S/C16H32N2O/c1-2-18(15-8-4-3-5-9-15)12-10-14-7-6-11-16(14,17)13-19/h14-15,19H,2-13,17H2,1H3. The Hall–Kier alpha value is -0.120. The third kappa shape index (κ3) is 3.71. The van der Waals surface area contributed by atoms with E-state index in [0.717, 1.165) is 19.0 Å². The molecular formula is C16H32N2O. The van der Waals surface area contributed by atoms with E-state index in [1.807, 2.05) is 0 Å². The molecule has 0 amide bonds. The molecule has 0 heterocycles. The number of rotatable bonds is 6. The largest absolute Gasteiger partial charge is 0.394 e. The Bertz CT molecular complexity index is 265. The number of aliphatic hydroxyl groups excluding tert-OH is 1. The average Bonchev–Trinajstić information content (AvgIpc) is 2.83. The molecule has 0 aliphatic heterocycles. The van der Waals surface area contributed by atoms with Crippen LogP contribution in [-0.4, -0.2) is 41.3 Å². The minimum atomic E-state index is -0.286. The Kier molecular flexibility index (Phi) is 5.67. The zero-order valence-corrected chi connectivity index (χ0v) is 12.6. The van der Waals surface area contributed by atoms with Gasteiger partial charge in [-0.15, -0.1) is 0 Å². The molecular weight excluding hydrogens is 236 g/mol. The first-order valence-electron chi connectivity index (χ1n) is 8.33. The highest BCUT2D eigenvalue weighted by atomic mass is 16.3. The van der Waals surface area contributed by atoms with Crippen molar-refractivity contribution in [1.82, 2.24) is 4.90 Å². The lowest BCUT2D eigenvalue weighted by molar-refractivity contribution is 0.121. The summed E-state index contributed by atoms with van der Waals surface area (Å²) in [5, 5.41) is 9.53. The van der Waals surface area contributed by atoms with Crippen LogP contribution >= 0.6 is 0 Å². The van der Waals surface area contributed by atoms with Crippen molar-refractivity contribution < 1.29 is 5.11 Å². The van der Waals surface area contributed by atoms with Crippen molar-refractivity contribution in [2.45, 2.75) is 76.3 Å². The Morgan fingerprint density at radius 3 is 2.53 bits per heavy atom. The Morgan fingerprint density at radius 2 is 1.89 bits per heavy atom. The van der Waals surface area contributed by atoms with E-state index in [-0.39, 0.29) is 12.1 Å². The van der Waals surface area contributed by atoms with Crippen molar-refractivity contribution in [1.29, 1.82) is 0 Å². The van der Waals surface area contributed by atoms with E-state index in [2.05, 4.69) is 11.8 Å². The monoisotopic (exact) mass is 268 g/mol. The fraction of sp³-hybridized carbons (Fsp3) is 1.00. The number of nitrogens with two attached hydrogens (primary N) is 1. The molecule has 3 heteroatoms. The summed E-state index contributed by atoms with van der Waals surface area (Å²) in [5.41, 5.74) is 6.05. The van der Waals surface area contributed by atoms with Crippen LogP contribution in [0.15, 0.2) is 0 Å². The van der Waals surface area contributed by atoms with E-state index in [9.17, 15) is 5.11 Å². The number of hydrogen-bond acceptors (Lipinski definition) is 3. The van der Waals surface area contributed by atoms with Gasteiger partial charge in [0.15, 0.2) is 0 Å². The van der Waals surface area contributed by atoms with Crippen molar-refractivity contribution in [3.8, 4) is 0 Å².